The number of hydrogen-bond acceptors (Lipinski definition) is 6. The van der Waals surface area contributed by atoms with Crippen LogP contribution in [0.15, 0.2) is 35.9 Å². The van der Waals surface area contributed by atoms with E-state index in [2.05, 4.69) is 67.5 Å². The zero-order valence-corrected chi connectivity index (χ0v) is 32.0. The molecule has 3 aliphatic rings. The van der Waals surface area contributed by atoms with E-state index in [-0.39, 0.29) is 34.9 Å². The Balaban J connectivity index is 1.50. The summed E-state index contributed by atoms with van der Waals surface area (Å²) < 4.78 is 18.8. The van der Waals surface area contributed by atoms with Gasteiger partial charge in [0, 0.05) is 23.0 Å². The highest BCUT2D eigenvalue weighted by molar-refractivity contribution is 6.31. The summed E-state index contributed by atoms with van der Waals surface area (Å²) in [5, 5.41) is 11.6. The number of aryl methyl sites for hydroxylation is 2. The topological polar surface area (TPSA) is 82.1 Å². The van der Waals surface area contributed by atoms with Crippen LogP contribution in [0, 0.1) is 23.7 Å². The lowest BCUT2D eigenvalue weighted by atomic mass is 9.67. The second-order valence-corrected chi connectivity index (χ2v) is 16.5. The van der Waals surface area contributed by atoms with Crippen LogP contribution in [0.25, 0.3) is 0 Å². The van der Waals surface area contributed by atoms with Gasteiger partial charge in [0.1, 0.15) is 28.6 Å². The molecule has 1 N–H and O–H groups in total. The fourth-order valence-electron chi connectivity index (χ4n) is 9.03. The van der Waals surface area contributed by atoms with Crippen LogP contribution < -0.4 is 14.2 Å². The molecule has 2 aromatic rings. The molecule has 0 spiro atoms. The zero-order chi connectivity index (χ0) is 36.2. The van der Waals surface area contributed by atoms with E-state index in [0.717, 1.165) is 106 Å². The maximum absolute atomic E-state index is 13.8. The van der Waals surface area contributed by atoms with E-state index < -0.39 is 11.9 Å². The first-order chi connectivity index (χ1) is 23.8. The third-order valence-corrected chi connectivity index (χ3v) is 11.8. The maximum Gasteiger partial charge on any atom is 0.423 e. The Kier molecular flexibility index (Phi) is 12.4. The molecule has 6 heteroatoms. The van der Waals surface area contributed by atoms with Gasteiger partial charge in [-0.25, -0.2) is 9.59 Å². The molecular weight excluding hydrogens is 624 g/mol. The number of ether oxygens (including phenoxy) is 3. The number of benzene rings is 2. The predicted octanol–water partition coefficient (Wildman–Crippen LogP) is 11.2. The summed E-state index contributed by atoms with van der Waals surface area (Å²) in [6.07, 6.45) is 15.3. The fraction of sp³-hybridized carbons (Fsp3) is 0.636. The van der Waals surface area contributed by atoms with E-state index in [4.69, 9.17) is 14.2 Å². The van der Waals surface area contributed by atoms with Crippen molar-refractivity contribution in [1.29, 1.82) is 0 Å². The van der Waals surface area contributed by atoms with Crippen molar-refractivity contribution in [3.8, 4) is 23.0 Å². The van der Waals surface area contributed by atoms with Gasteiger partial charge in [-0.05, 0) is 131 Å². The normalized spacial score (nSPS) is 24.1. The minimum atomic E-state index is -1.07. The summed E-state index contributed by atoms with van der Waals surface area (Å²) in [4.78, 5) is 27.6. The molecule has 1 fully saturated rings. The molecule has 5 rings (SSSR count). The van der Waals surface area contributed by atoms with Crippen molar-refractivity contribution in [3.05, 3.63) is 58.2 Å². The van der Waals surface area contributed by atoms with E-state index in [9.17, 15) is 14.7 Å². The largest absolute Gasteiger partial charge is 0.508 e. The number of esters is 2. The molecule has 5 atom stereocenters. The van der Waals surface area contributed by atoms with Crippen molar-refractivity contribution >= 4 is 11.9 Å². The standard InChI is InChI=1S/C44H62O6/c1-9-11-13-15-30-23-36(45)40(33-21-28(5)17-19-32(33)27(3)4)37(24-30)48-42(46)43(47)49-38-25-31(16-14-12-10-2)26-39-41(38)34-22-29(6)18-20-35(34)44(7,8)50-39/h22-28,32-35,45H,9-21H2,1-8H3/t28-,32+,33-,34-,35-/m1/s1. The molecule has 2 aliphatic carbocycles. The van der Waals surface area contributed by atoms with Crippen LogP contribution in [0.1, 0.15) is 160 Å². The number of allylic oxidation sites excluding steroid dienone is 2. The van der Waals surface area contributed by atoms with Crippen molar-refractivity contribution in [2.24, 2.45) is 23.7 Å². The van der Waals surface area contributed by atoms with Gasteiger partial charge in [-0.3, -0.25) is 0 Å². The number of unbranched alkanes of at least 4 members (excludes halogenated alkanes) is 4. The van der Waals surface area contributed by atoms with Crippen molar-refractivity contribution in [2.75, 3.05) is 0 Å². The molecule has 0 unspecified atom stereocenters. The van der Waals surface area contributed by atoms with Crippen molar-refractivity contribution in [3.63, 3.8) is 0 Å². The van der Waals surface area contributed by atoms with E-state index >= 15 is 0 Å². The van der Waals surface area contributed by atoms with Crippen LogP contribution in [-0.2, 0) is 22.4 Å². The second-order valence-electron chi connectivity index (χ2n) is 16.5. The number of phenols is 1. The molecule has 0 radical (unpaired) electrons. The van der Waals surface area contributed by atoms with Crippen LogP contribution in [0.3, 0.4) is 0 Å². The monoisotopic (exact) mass is 686 g/mol. The molecular formula is C44H62O6. The number of carbonyl (C=O) groups excluding carboxylic acids is 2. The number of phenolic OH excluding ortho intramolecular Hbond substituents is 1. The summed E-state index contributed by atoms with van der Waals surface area (Å²) >= 11 is 0. The Bertz CT molecular complexity index is 1550. The quantitative estimate of drug-likeness (QED) is 0.0787. The molecule has 274 valence electrons. The number of hydrogen-bond donors (Lipinski definition) is 1. The van der Waals surface area contributed by atoms with E-state index in [0.29, 0.717) is 29.1 Å². The van der Waals surface area contributed by atoms with E-state index in [1.165, 1.54) is 5.57 Å². The Morgan fingerprint density at radius 2 is 1.48 bits per heavy atom. The first kappa shape index (κ1) is 38.0. The summed E-state index contributed by atoms with van der Waals surface area (Å²) in [6, 6.07) is 7.74. The predicted molar refractivity (Wildman–Crippen MR) is 200 cm³/mol. The highest BCUT2D eigenvalue weighted by atomic mass is 16.6. The smallest absolute Gasteiger partial charge is 0.423 e. The Morgan fingerprint density at radius 1 is 0.880 bits per heavy atom. The second kappa shape index (κ2) is 16.4. The van der Waals surface area contributed by atoms with Crippen molar-refractivity contribution < 1.29 is 28.9 Å². The molecule has 50 heavy (non-hydrogen) atoms. The highest BCUT2D eigenvalue weighted by Gasteiger charge is 2.46. The average molecular weight is 687 g/mol. The lowest BCUT2D eigenvalue weighted by molar-refractivity contribution is -0.156. The first-order valence-electron chi connectivity index (χ1n) is 19.7. The Labute approximate surface area is 301 Å². The molecule has 0 saturated heterocycles. The Hall–Kier alpha value is -3.28. The molecule has 0 bridgehead atoms. The van der Waals surface area contributed by atoms with Gasteiger partial charge in [-0.1, -0.05) is 78.4 Å². The molecule has 1 heterocycles. The molecule has 6 nitrogen and oxygen atoms in total. The number of fused-ring (bicyclic) bond motifs is 3. The SMILES string of the molecule is CCCCCc1cc(OC(=O)C(=O)Oc2cc(CCCCC)cc(O)c2[C@@H]2C[C@H](C)CC[C@H]2C(C)C)c2c(c1)OC(C)(C)[C@@H]1CCC(C)=C[C@@H]21. The lowest BCUT2D eigenvalue weighted by Crippen LogP contribution is -2.45. The molecule has 1 aliphatic heterocycles. The van der Waals surface area contributed by atoms with Crippen LogP contribution in [0.5, 0.6) is 23.0 Å². The molecule has 0 amide bonds. The summed E-state index contributed by atoms with van der Waals surface area (Å²) in [5.74, 6) is 0.864. The van der Waals surface area contributed by atoms with Crippen LogP contribution in [0.2, 0.25) is 0 Å². The van der Waals surface area contributed by atoms with Crippen LogP contribution in [-0.4, -0.2) is 22.6 Å². The van der Waals surface area contributed by atoms with Crippen molar-refractivity contribution in [2.45, 2.75) is 156 Å². The van der Waals surface area contributed by atoms with Crippen LogP contribution in [0.4, 0.5) is 0 Å². The van der Waals surface area contributed by atoms with E-state index in [1.54, 1.807) is 0 Å². The zero-order valence-electron chi connectivity index (χ0n) is 32.0. The maximum atomic E-state index is 13.8. The number of carbonyl (C=O) groups is 2. The average Bonchev–Trinajstić information content (AvgIpc) is 3.04. The third kappa shape index (κ3) is 8.60. The van der Waals surface area contributed by atoms with Gasteiger partial charge in [0.25, 0.3) is 0 Å². The van der Waals surface area contributed by atoms with E-state index in [1.807, 2.05) is 18.2 Å². The van der Waals surface area contributed by atoms with Gasteiger partial charge in [0.2, 0.25) is 0 Å². The van der Waals surface area contributed by atoms with Gasteiger partial charge >= 0.3 is 11.9 Å². The minimum Gasteiger partial charge on any atom is -0.508 e. The van der Waals surface area contributed by atoms with Gasteiger partial charge in [-0.15, -0.1) is 0 Å². The minimum absolute atomic E-state index is 0.00984. The third-order valence-electron chi connectivity index (χ3n) is 11.8. The summed E-state index contributed by atoms with van der Waals surface area (Å²) in [7, 11) is 0. The Morgan fingerprint density at radius 3 is 2.08 bits per heavy atom. The van der Waals surface area contributed by atoms with Gasteiger partial charge in [0.05, 0.1) is 0 Å². The number of aromatic hydroxyl groups is 1. The first-order valence-corrected chi connectivity index (χ1v) is 19.7. The van der Waals surface area contributed by atoms with Gasteiger partial charge < -0.3 is 19.3 Å². The van der Waals surface area contributed by atoms with Crippen molar-refractivity contribution in [1.82, 2.24) is 0 Å². The molecule has 0 aromatic heterocycles. The van der Waals surface area contributed by atoms with Gasteiger partial charge in [-0.2, -0.15) is 0 Å². The molecule has 1 saturated carbocycles. The number of rotatable bonds is 12. The molecule has 2 aromatic carbocycles. The lowest BCUT2D eigenvalue weighted by Gasteiger charge is -2.46. The summed E-state index contributed by atoms with van der Waals surface area (Å²) in [6.45, 7) is 17.5. The fourth-order valence-corrected chi connectivity index (χ4v) is 9.03. The summed E-state index contributed by atoms with van der Waals surface area (Å²) in [5.41, 5.74) is 4.33. The highest BCUT2D eigenvalue weighted by Crippen LogP contribution is 2.54. The van der Waals surface area contributed by atoms with Crippen LogP contribution >= 0.6 is 0 Å². The van der Waals surface area contributed by atoms with Gasteiger partial charge in [0.15, 0.2) is 0 Å².